The van der Waals surface area contributed by atoms with Gasteiger partial charge in [0.1, 0.15) is 11.9 Å². The van der Waals surface area contributed by atoms with Gasteiger partial charge in [0, 0.05) is 18.5 Å². The predicted octanol–water partition coefficient (Wildman–Crippen LogP) is 3.34. The van der Waals surface area contributed by atoms with Gasteiger partial charge in [-0.05, 0) is 37.8 Å². The molecule has 0 saturated heterocycles. The molecular weight excluding hydrogens is 234 g/mol. The zero-order chi connectivity index (χ0) is 13.4. The number of nitrogens with zero attached hydrogens (tertiary/aromatic N) is 3. The maximum absolute atomic E-state index is 9.35. The number of hydrogen-bond acceptors (Lipinski definition) is 3. The molecule has 0 amide bonds. The topological polar surface area (TPSA) is 39.9 Å². The van der Waals surface area contributed by atoms with E-state index in [9.17, 15) is 5.26 Å². The van der Waals surface area contributed by atoms with Gasteiger partial charge in [0.05, 0.1) is 11.1 Å². The number of benzene rings is 1. The summed E-state index contributed by atoms with van der Waals surface area (Å²) in [6, 6.07) is 12.6. The molecule has 1 fully saturated rings. The van der Waals surface area contributed by atoms with Gasteiger partial charge in [-0.25, -0.2) is 4.98 Å². The van der Waals surface area contributed by atoms with Gasteiger partial charge >= 0.3 is 0 Å². The van der Waals surface area contributed by atoms with E-state index < -0.39 is 0 Å². The third kappa shape index (κ3) is 2.15. The molecule has 0 bridgehead atoms. The van der Waals surface area contributed by atoms with Crippen molar-refractivity contribution in [3.05, 3.63) is 35.9 Å². The number of anilines is 1. The van der Waals surface area contributed by atoms with E-state index in [0.717, 1.165) is 22.6 Å². The van der Waals surface area contributed by atoms with E-state index in [1.165, 1.54) is 12.8 Å². The smallest absolute Gasteiger partial charge is 0.147 e. The molecule has 3 rings (SSSR count). The Labute approximate surface area is 113 Å². The number of para-hydroxylation sites is 1. The Morgan fingerprint density at radius 3 is 2.79 bits per heavy atom. The molecule has 96 valence electrons. The molecule has 1 aliphatic carbocycles. The van der Waals surface area contributed by atoms with Crippen LogP contribution in [-0.4, -0.2) is 18.1 Å². The summed E-state index contributed by atoms with van der Waals surface area (Å²) in [5.74, 6) is 1.56. The third-order valence-electron chi connectivity index (χ3n) is 4.07. The third-order valence-corrected chi connectivity index (χ3v) is 4.07. The highest BCUT2D eigenvalue weighted by Crippen LogP contribution is 2.36. The van der Waals surface area contributed by atoms with E-state index in [2.05, 4.69) is 22.9 Å². The number of hydrogen-bond donors (Lipinski definition) is 0. The first-order chi connectivity index (χ1) is 9.20. The summed E-state index contributed by atoms with van der Waals surface area (Å²) in [6.45, 7) is 2.22. The van der Waals surface area contributed by atoms with Crippen LogP contribution in [0, 0.1) is 17.2 Å². The number of aromatic nitrogens is 1. The summed E-state index contributed by atoms with van der Waals surface area (Å²) < 4.78 is 0. The van der Waals surface area contributed by atoms with Crippen molar-refractivity contribution in [1.82, 2.24) is 4.98 Å². The Kier molecular flexibility index (Phi) is 2.87. The molecule has 1 heterocycles. The summed E-state index contributed by atoms with van der Waals surface area (Å²) in [5.41, 5.74) is 1.61. The molecule has 0 spiro atoms. The first kappa shape index (κ1) is 12.0. The van der Waals surface area contributed by atoms with Crippen LogP contribution in [0.2, 0.25) is 0 Å². The van der Waals surface area contributed by atoms with Crippen LogP contribution in [0.1, 0.15) is 25.3 Å². The lowest BCUT2D eigenvalue weighted by Gasteiger charge is -2.27. The molecule has 0 radical (unpaired) electrons. The quantitative estimate of drug-likeness (QED) is 0.840. The fourth-order valence-corrected chi connectivity index (χ4v) is 2.54. The molecule has 1 atom stereocenters. The van der Waals surface area contributed by atoms with Crippen molar-refractivity contribution in [2.24, 2.45) is 5.92 Å². The van der Waals surface area contributed by atoms with Gasteiger partial charge in [-0.3, -0.25) is 0 Å². The summed E-state index contributed by atoms with van der Waals surface area (Å²) in [5, 5.41) is 10.4. The number of rotatable bonds is 3. The monoisotopic (exact) mass is 251 g/mol. The molecule has 0 aliphatic heterocycles. The molecule has 1 aliphatic rings. The lowest BCUT2D eigenvalue weighted by atomic mass is 10.1. The van der Waals surface area contributed by atoms with Crippen LogP contribution in [0.3, 0.4) is 0 Å². The van der Waals surface area contributed by atoms with E-state index in [4.69, 9.17) is 0 Å². The van der Waals surface area contributed by atoms with Crippen LogP contribution >= 0.6 is 0 Å². The van der Waals surface area contributed by atoms with Crippen molar-refractivity contribution < 1.29 is 0 Å². The van der Waals surface area contributed by atoms with E-state index in [1.54, 1.807) is 0 Å². The van der Waals surface area contributed by atoms with Gasteiger partial charge in [0.25, 0.3) is 0 Å². The molecule has 1 aromatic heterocycles. The van der Waals surface area contributed by atoms with Crippen LogP contribution in [0.5, 0.6) is 0 Å². The van der Waals surface area contributed by atoms with E-state index >= 15 is 0 Å². The molecule has 1 aromatic carbocycles. The van der Waals surface area contributed by atoms with Crippen LogP contribution in [0.15, 0.2) is 30.3 Å². The molecule has 1 saturated carbocycles. The fourth-order valence-electron chi connectivity index (χ4n) is 2.54. The summed E-state index contributed by atoms with van der Waals surface area (Å²) in [6.07, 6.45) is 2.59. The van der Waals surface area contributed by atoms with Gasteiger partial charge in [-0.1, -0.05) is 18.2 Å². The average Bonchev–Trinajstić information content (AvgIpc) is 3.28. The first-order valence-corrected chi connectivity index (χ1v) is 6.73. The lowest BCUT2D eigenvalue weighted by Crippen LogP contribution is -2.31. The van der Waals surface area contributed by atoms with Crippen LogP contribution in [-0.2, 0) is 0 Å². The molecule has 2 aromatic rings. The maximum atomic E-state index is 9.35. The van der Waals surface area contributed by atoms with Crippen molar-refractivity contribution in [2.75, 3.05) is 11.9 Å². The SMILES string of the molecule is CC(C1CC1)N(C)c1nc2ccccc2cc1C#N. The Bertz CT molecular complexity index is 653. The highest BCUT2D eigenvalue weighted by Gasteiger charge is 2.31. The molecule has 19 heavy (non-hydrogen) atoms. The van der Waals surface area contributed by atoms with Gasteiger partial charge in [0.15, 0.2) is 0 Å². The van der Waals surface area contributed by atoms with Crippen LogP contribution in [0.4, 0.5) is 5.82 Å². The Balaban J connectivity index is 2.08. The van der Waals surface area contributed by atoms with Crippen molar-refractivity contribution >= 4 is 16.7 Å². The Morgan fingerprint density at radius 2 is 2.11 bits per heavy atom. The molecular formula is C16H17N3. The largest absolute Gasteiger partial charge is 0.356 e. The number of fused-ring (bicyclic) bond motifs is 1. The lowest BCUT2D eigenvalue weighted by molar-refractivity contribution is 0.604. The molecule has 3 heteroatoms. The van der Waals surface area contributed by atoms with Crippen LogP contribution in [0.25, 0.3) is 10.9 Å². The second-order valence-corrected chi connectivity index (χ2v) is 5.35. The Hall–Kier alpha value is -2.08. The van der Waals surface area contributed by atoms with E-state index in [0.29, 0.717) is 11.6 Å². The van der Waals surface area contributed by atoms with Crippen LogP contribution < -0.4 is 4.90 Å². The zero-order valence-corrected chi connectivity index (χ0v) is 11.3. The Morgan fingerprint density at radius 1 is 1.37 bits per heavy atom. The normalized spacial score (nSPS) is 16.1. The minimum atomic E-state index is 0.445. The maximum Gasteiger partial charge on any atom is 0.147 e. The predicted molar refractivity (Wildman–Crippen MR) is 77.0 cm³/mol. The van der Waals surface area contributed by atoms with Gasteiger partial charge < -0.3 is 4.90 Å². The van der Waals surface area contributed by atoms with Gasteiger partial charge in [-0.2, -0.15) is 5.26 Å². The highest BCUT2D eigenvalue weighted by atomic mass is 15.2. The molecule has 3 nitrogen and oxygen atoms in total. The number of nitriles is 1. The fraction of sp³-hybridized carbons (Fsp3) is 0.375. The average molecular weight is 251 g/mol. The number of pyridine rings is 1. The molecule has 1 unspecified atom stereocenters. The van der Waals surface area contributed by atoms with E-state index in [1.807, 2.05) is 37.4 Å². The summed E-state index contributed by atoms with van der Waals surface area (Å²) in [7, 11) is 2.04. The highest BCUT2D eigenvalue weighted by molar-refractivity contribution is 5.83. The van der Waals surface area contributed by atoms with Gasteiger partial charge in [0.2, 0.25) is 0 Å². The minimum Gasteiger partial charge on any atom is -0.356 e. The van der Waals surface area contributed by atoms with Crippen molar-refractivity contribution in [2.45, 2.75) is 25.8 Å². The summed E-state index contributed by atoms with van der Waals surface area (Å²) in [4.78, 5) is 6.84. The van der Waals surface area contributed by atoms with E-state index in [-0.39, 0.29) is 0 Å². The second-order valence-electron chi connectivity index (χ2n) is 5.35. The first-order valence-electron chi connectivity index (χ1n) is 6.73. The standard InChI is InChI=1S/C16H17N3/c1-11(12-7-8-12)19(2)16-14(10-17)9-13-5-3-4-6-15(13)18-16/h3-6,9,11-12H,7-8H2,1-2H3. The zero-order valence-electron chi connectivity index (χ0n) is 11.3. The van der Waals surface area contributed by atoms with Crippen molar-refractivity contribution in [3.8, 4) is 6.07 Å². The van der Waals surface area contributed by atoms with Crippen molar-refractivity contribution in [1.29, 1.82) is 5.26 Å². The summed E-state index contributed by atoms with van der Waals surface area (Å²) >= 11 is 0. The molecule has 0 N–H and O–H groups in total. The van der Waals surface area contributed by atoms with Crippen molar-refractivity contribution in [3.63, 3.8) is 0 Å². The minimum absolute atomic E-state index is 0.445. The second kappa shape index (κ2) is 4.55. The van der Waals surface area contributed by atoms with Gasteiger partial charge in [-0.15, -0.1) is 0 Å².